The van der Waals surface area contributed by atoms with Crippen LogP contribution in [0.4, 0.5) is 4.39 Å². The summed E-state index contributed by atoms with van der Waals surface area (Å²) in [6.07, 6.45) is 2.11. The van der Waals surface area contributed by atoms with Gasteiger partial charge in [0.2, 0.25) is 10.0 Å². The van der Waals surface area contributed by atoms with Gasteiger partial charge in [-0.3, -0.25) is 0 Å². The van der Waals surface area contributed by atoms with E-state index in [2.05, 4.69) is 10.1 Å². The molecule has 152 valence electrons. The van der Waals surface area contributed by atoms with E-state index >= 15 is 0 Å². The lowest BCUT2D eigenvalue weighted by atomic mass is 9.97. The smallest absolute Gasteiger partial charge is 0.257 e. The molecular formula is C21H22FN3O3S. The molecule has 29 heavy (non-hydrogen) atoms. The number of aromatic nitrogens is 2. The third kappa shape index (κ3) is 4.09. The van der Waals surface area contributed by atoms with Gasteiger partial charge in [-0.1, -0.05) is 24.2 Å². The molecule has 6 nitrogen and oxygen atoms in total. The van der Waals surface area contributed by atoms with Gasteiger partial charge in [-0.2, -0.15) is 9.29 Å². The van der Waals surface area contributed by atoms with E-state index in [9.17, 15) is 12.8 Å². The van der Waals surface area contributed by atoms with Crippen molar-refractivity contribution in [2.45, 2.75) is 37.0 Å². The van der Waals surface area contributed by atoms with Crippen LogP contribution in [0.2, 0.25) is 0 Å². The zero-order valence-electron chi connectivity index (χ0n) is 16.1. The van der Waals surface area contributed by atoms with Gasteiger partial charge in [0.05, 0.1) is 4.90 Å². The SMILES string of the molecule is CCc1ccc(S(=O)(=O)N2CCC(c3noc(-c4ccc(F)cc4)n3)CC2)cc1. The van der Waals surface area contributed by atoms with Gasteiger partial charge >= 0.3 is 0 Å². The Morgan fingerprint density at radius 2 is 1.72 bits per heavy atom. The Hall–Kier alpha value is -2.58. The number of benzene rings is 2. The van der Waals surface area contributed by atoms with Crippen molar-refractivity contribution >= 4 is 10.0 Å². The fourth-order valence-corrected chi connectivity index (χ4v) is 4.98. The highest BCUT2D eigenvalue weighted by molar-refractivity contribution is 7.89. The topological polar surface area (TPSA) is 76.3 Å². The third-order valence-electron chi connectivity index (χ3n) is 5.32. The molecule has 0 amide bonds. The monoisotopic (exact) mass is 415 g/mol. The molecule has 0 unspecified atom stereocenters. The highest BCUT2D eigenvalue weighted by Crippen LogP contribution is 2.30. The maximum atomic E-state index is 13.1. The maximum absolute atomic E-state index is 13.1. The summed E-state index contributed by atoms with van der Waals surface area (Å²) >= 11 is 0. The van der Waals surface area contributed by atoms with Crippen LogP contribution in [0.15, 0.2) is 57.9 Å². The minimum absolute atomic E-state index is 0.0295. The van der Waals surface area contributed by atoms with Crippen molar-refractivity contribution in [1.29, 1.82) is 0 Å². The zero-order chi connectivity index (χ0) is 20.4. The van der Waals surface area contributed by atoms with E-state index in [1.165, 1.54) is 16.4 Å². The number of aryl methyl sites for hydroxylation is 1. The van der Waals surface area contributed by atoms with Crippen LogP contribution in [0.3, 0.4) is 0 Å². The highest BCUT2D eigenvalue weighted by Gasteiger charge is 2.31. The van der Waals surface area contributed by atoms with Crippen molar-refractivity contribution in [2.24, 2.45) is 0 Å². The number of rotatable bonds is 5. The van der Waals surface area contributed by atoms with Crippen molar-refractivity contribution in [3.8, 4) is 11.5 Å². The second kappa shape index (κ2) is 8.04. The molecule has 1 aliphatic heterocycles. The Morgan fingerprint density at radius 3 is 2.34 bits per heavy atom. The number of hydrogen-bond donors (Lipinski definition) is 0. The Morgan fingerprint density at radius 1 is 1.07 bits per heavy atom. The summed E-state index contributed by atoms with van der Waals surface area (Å²) in [4.78, 5) is 4.76. The van der Waals surface area contributed by atoms with Crippen molar-refractivity contribution in [3.63, 3.8) is 0 Å². The van der Waals surface area contributed by atoms with Crippen LogP contribution in [-0.4, -0.2) is 36.0 Å². The molecule has 0 saturated carbocycles. The number of nitrogens with zero attached hydrogens (tertiary/aromatic N) is 3. The molecule has 0 spiro atoms. The molecule has 1 aromatic heterocycles. The maximum Gasteiger partial charge on any atom is 0.257 e. The first-order chi connectivity index (χ1) is 14.0. The van der Waals surface area contributed by atoms with Crippen LogP contribution in [0.25, 0.3) is 11.5 Å². The van der Waals surface area contributed by atoms with Crippen molar-refractivity contribution in [2.75, 3.05) is 13.1 Å². The van der Waals surface area contributed by atoms with E-state index < -0.39 is 10.0 Å². The van der Waals surface area contributed by atoms with E-state index in [1.54, 1.807) is 24.3 Å². The molecule has 4 rings (SSSR count). The minimum atomic E-state index is -3.50. The molecule has 1 saturated heterocycles. The Bertz CT molecular complexity index is 1070. The molecule has 3 aromatic rings. The summed E-state index contributed by atoms with van der Waals surface area (Å²) in [6, 6.07) is 12.9. The van der Waals surface area contributed by atoms with Gasteiger partial charge < -0.3 is 4.52 Å². The van der Waals surface area contributed by atoms with Gasteiger partial charge in [0.1, 0.15) is 5.82 Å². The Kier molecular flexibility index (Phi) is 5.47. The second-order valence-electron chi connectivity index (χ2n) is 7.14. The van der Waals surface area contributed by atoms with E-state index in [4.69, 9.17) is 4.52 Å². The molecule has 0 atom stereocenters. The highest BCUT2D eigenvalue weighted by atomic mass is 32.2. The summed E-state index contributed by atoms with van der Waals surface area (Å²) < 4.78 is 45.7. The van der Waals surface area contributed by atoms with Crippen LogP contribution in [-0.2, 0) is 16.4 Å². The lowest BCUT2D eigenvalue weighted by molar-refractivity contribution is 0.307. The number of hydrogen-bond acceptors (Lipinski definition) is 5. The van der Waals surface area contributed by atoms with Crippen molar-refractivity contribution in [1.82, 2.24) is 14.4 Å². The van der Waals surface area contributed by atoms with Gasteiger partial charge in [-0.05, 0) is 61.2 Å². The molecule has 0 bridgehead atoms. The number of piperidine rings is 1. The second-order valence-corrected chi connectivity index (χ2v) is 9.08. The average Bonchev–Trinajstić information content (AvgIpc) is 3.24. The third-order valence-corrected chi connectivity index (χ3v) is 7.23. The molecule has 8 heteroatoms. The minimum Gasteiger partial charge on any atom is -0.334 e. The fraction of sp³-hybridized carbons (Fsp3) is 0.333. The molecule has 0 radical (unpaired) electrons. The summed E-state index contributed by atoms with van der Waals surface area (Å²) in [5.74, 6) is 0.605. The van der Waals surface area contributed by atoms with Crippen LogP contribution >= 0.6 is 0 Å². The molecular weight excluding hydrogens is 393 g/mol. The van der Waals surface area contributed by atoms with E-state index in [1.807, 2.05) is 19.1 Å². The molecule has 1 aliphatic rings. The first-order valence-electron chi connectivity index (χ1n) is 9.66. The summed E-state index contributed by atoms with van der Waals surface area (Å²) in [7, 11) is -3.50. The Labute approximate surface area is 169 Å². The normalized spacial score (nSPS) is 16.2. The van der Waals surface area contributed by atoms with E-state index in [-0.39, 0.29) is 11.7 Å². The van der Waals surface area contributed by atoms with Gasteiger partial charge in [0.25, 0.3) is 5.89 Å². The Balaban J connectivity index is 1.43. The van der Waals surface area contributed by atoms with Gasteiger partial charge in [0, 0.05) is 24.6 Å². The van der Waals surface area contributed by atoms with Crippen LogP contribution < -0.4 is 0 Å². The zero-order valence-corrected chi connectivity index (χ0v) is 16.9. The van der Waals surface area contributed by atoms with Crippen LogP contribution in [0.5, 0.6) is 0 Å². The van der Waals surface area contributed by atoms with Gasteiger partial charge in [-0.25, -0.2) is 12.8 Å². The van der Waals surface area contributed by atoms with Crippen LogP contribution in [0, 0.1) is 5.82 Å². The largest absolute Gasteiger partial charge is 0.334 e. The predicted molar refractivity (Wildman–Crippen MR) is 106 cm³/mol. The first kappa shape index (κ1) is 19.7. The van der Waals surface area contributed by atoms with Crippen LogP contribution in [0.1, 0.15) is 37.1 Å². The summed E-state index contributed by atoms with van der Waals surface area (Å²) in [5, 5.41) is 4.06. The lowest BCUT2D eigenvalue weighted by Gasteiger charge is -2.29. The lowest BCUT2D eigenvalue weighted by Crippen LogP contribution is -2.38. The first-order valence-corrected chi connectivity index (χ1v) is 11.1. The fourth-order valence-electron chi connectivity index (χ4n) is 3.51. The molecule has 1 fully saturated rings. The van der Waals surface area contributed by atoms with Gasteiger partial charge in [-0.15, -0.1) is 0 Å². The van der Waals surface area contributed by atoms with Crippen molar-refractivity contribution < 1.29 is 17.3 Å². The van der Waals surface area contributed by atoms with Crippen molar-refractivity contribution in [3.05, 3.63) is 65.7 Å². The predicted octanol–water partition coefficient (Wildman–Crippen LogP) is 4.01. The standard InChI is InChI=1S/C21H22FN3O3S/c1-2-15-3-9-19(10-4-15)29(26,27)25-13-11-16(12-14-25)20-23-21(28-24-20)17-5-7-18(22)8-6-17/h3-10,16H,2,11-14H2,1H3. The summed E-state index contributed by atoms with van der Waals surface area (Å²) in [6.45, 7) is 2.85. The summed E-state index contributed by atoms with van der Waals surface area (Å²) in [5.41, 5.74) is 1.76. The molecule has 0 N–H and O–H groups in total. The quantitative estimate of drug-likeness (QED) is 0.629. The van der Waals surface area contributed by atoms with E-state index in [0.29, 0.717) is 48.1 Å². The van der Waals surface area contributed by atoms with Gasteiger partial charge in [0.15, 0.2) is 5.82 Å². The number of halogens is 1. The molecule has 0 aliphatic carbocycles. The molecule has 2 heterocycles. The van der Waals surface area contributed by atoms with E-state index in [0.717, 1.165) is 12.0 Å². The average molecular weight is 415 g/mol. The number of sulfonamides is 1. The molecule has 2 aromatic carbocycles.